The van der Waals surface area contributed by atoms with E-state index in [-0.39, 0.29) is 0 Å². The monoisotopic (exact) mass is 429 g/mol. The molecular formula is C26H15N5S. The fourth-order valence-corrected chi connectivity index (χ4v) is 5.68. The summed E-state index contributed by atoms with van der Waals surface area (Å²) < 4.78 is 4.81. The molecule has 5 nitrogen and oxygen atoms in total. The second-order valence-electron chi connectivity index (χ2n) is 7.66. The van der Waals surface area contributed by atoms with Crippen molar-refractivity contribution in [3.63, 3.8) is 0 Å². The number of nitrogens with zero attached hydrogens (tertiary/aromatic N) is 5. The average molecular weight is 430 g/mol. The fourth-order valence-electron chi connectivity index (χ4n) is 4.49. The van der Waals surface area contributed by atoms with Gasteiger partial charge in [0.15, 0.2) is 5.82 Å². The third kappa shape index (κ3) is 2.44. The first-order valence-electron chi connectivity index (χ1n) is 10.3. The summed E-state index contributed by atoms with van der Waals surface area (Å²) in [5, 5.41) is 3.58. The van der Waals surface area contributed by atoms with Gasteiger partial charge in [-0.1, -0.05) is 36.4 Å². The molecule has 3 aromatic carbocycles. The maximum absolute atomic E-state index is 4.88. The van der Waals surface area contributed by atoms with E-state index in [9.17, 15) is 0 Å². The van der Waals surface area contributed by atoms with Gasteiger partial charge in [-0.05, 0) is 36.4 Å². The summed E-state index contributed by atoms with van der Waals surface area (Å²) in [4.78, 5) is 17.3. The molecule has 0 aliphatic heterocycles. The number of rotatable bonds is 2. The molecule has 4 heterocycles. The first-order chi connectivity index (χ1) is 15.9. The van der Waals surface area contributed by atoms with Crippen molar-refractivity contribution in [2.75, 3.05) is 0 Å². The summed E-state index contributed by atoms with van der Waals surface area (Å²) in [6.07, 6.45) is 5.07. The second-order valence-corrected chi connectivity index (χ2v) is 8.71. The van der Waals surface area contributed by atoms with Crippen molar-refractivity contribution in [2.24, 2.45) is 0 Å². The maximum Gasteiger partial charge on any atom is 0.162 e. The van der Waals surface area contributed by atoms with Crippen LogP contribution in [0.1, 0.15) is 0 Å². The Balaban J connectivity index is 1.57. The van der Waals surface area contributed by atoms with Crippen molar-refractivity contribution >= 4 is 53.4 Å². The van der Waals surface area contributed by atoms with E-state index in [1.165, 1.54) is 49.2 Å². The Hall–Kier alpha value is -4.16. The molecule has 0 aliphatic rings. The lowest BCUT2D eigenvalue weighted by Crippen LogP contribution is -1.95. The fraction of sp³-hybridized carbons (Fsp3) is 0. The Bertz CT molecular complexity index is 1770. The minimum absolute atomic E-state index is 0.671. The summed E-state index contributed by atoms with van der Waals surface area (Å²) in [5.41, 5.74) is 5.49. The van der Waals surface area contributed by atoms with Gasteiger partial charge in [0, 0.05) is 38.3 Å². The highest BCUT2D eigenvalue weighted by molar-refractivity contribution is 7.26. The van der Waals surface area contributed by atoms with Crippen LogP contribution in [0.5, 0.6) is 0 Å². The van der Waals surface area contributed by atoms with Crippen LogP contribution in [0.2, 0.25) is 0 Å². The van der Waals surface area contributed by atoms with Gasteiger partial charge in [-0.15, -0.1) is 11.3 Å². The first kappa shape index (κ1) is 17.5. The van der Waals surface area contributed by atoms with E-state index in [2.05, 4.69) is 92.3 Å². The largest absolute Gasteiger partial charge is 0.308 e. The normalized spacial score (nSPS) is 11.8. The molecule has 0 amide bonds. The van der Waals surface area contributed by atoms with E-state index in [1.54, 1.807) is 11.3 Å². The first-order valence-corrected chi connectivity index (χ1v) is 11.1. The van der Waals surface area contributed by atoms with Gasteiger partial charge in [0.25, 0.3) is 0 Å². The molecule has 0 radical (unpaired) electrons. The van der Waals surface area contributed by atoms with Gasteiger partial charge in [-0.3, -0.25) is 4.98 Å². The number of para-hydroxylation sites is 1. The molecule has 0 bridgehead atoms. The lowest BCUT2D eigenvalue weighted by Gasteiger charge is -2.09. The van der Waals surface area contributed by atoms with Gasteiger partial charge >= 0.3 is 0 Å². The Kier molecular flexibility index (Phi) is 3.65. The number of pyridine rings is 1. The van der Waals surface area contributed by atoms with Crippen molar-refractivity contribution < 1.29 is 0 Å². The molecule has 0 N–H and O–H groups in total. The summed E-state index contributed by atoms with van der Waals surface area (Å²) in [6.45, 7) is 0. The summed E-state index contributed by atoms with van der Waals surface area (Å²) in [6, 6.07) is 25.4. The van der Waals surface area contributed by atoms with Gasteiger partial charge in [-0.25, -0.2) is 15.0 Å². The number of fused-ring (bicyclic) bond motifs is 7. The van der Waals surface area contributed by atoms with Crippen LogP contribution >= 0.6 is 11.3 Å². The predicted octanol–water partition coefficient (Wildman–Crippen LogP) is 6.40. The quantitative estimate of drug-likeness (QED) is 0.319. The summed E-state index contributed by atoms with van der Waals surface area (Å²) in [5.74, 6) is 0.671. The molecular weight excluding hydrogens is 414 g/mol. The zero-order chi connectivity index (χ0) is 21.1. The standard InChI is InChI=1S/C26H15N5S/c1-3-7-21-18(5-1)20-13-28-23-19-6-2-4-8-22(19)32-25(23)24(20)31(21)17-11-9-16(10-12-17)26-29-14-27-15-30-26/h1-15H. The Morgan fingerprint density at radius 2 is 1.44 bits per heavy atom. The van der Waals surface area contributed by atoms with E-state index in [1.807, 2.05) is 6.20 Å². The van der Waals surface area contributed by atoms with Crippen molar-refractivity contribution in [1.29, 1.82) is 0 Å². The Labute approximate surface area is 186 Å². The van der Waals surface area contributed by atoms with Gasteiger partial charge in [0.05, 0.1) is 21.3 Å². The molecule has 7 rings (SSSR count). The van der Waals surface area contributed by atoms with E-state index in [0.29, 0.717) is 5.82 Å². The zero-order valence-corrected chi connectivity index (χ0v) is 17.6. The number of aromatic nitrogens is 5. The molecule has 0 unspecified atom stereocenters. The smallest absolute Gasteiger partial charge is 0.162 e. The maximum atomic E-state index is 4.88. The van der Waals surface area contributed by atoms with Crippen LogP contribution in [0, 0.1) is 0 Å². The van der Waals surface area contributed by atoms with Crippen LogP contribution in [-0.4, -0.2) is 24.5 Å². The van der Waals surface area contributed by atoms with Crippen molar-refractivity contribution in [3.8, 4) is 17.1 Å². The summed E-state index contributed by atoms with van der Waals surface area (Å²) >= 11 is 1.80. The minimum atomic E-state index is 0.671. The lowest BCUT2D eigenvalue weighted by molar-refractivity contribution is 1.05. The van der Waals surface area contributed by atoms with Crippen molar-refractivity contribution in [3.05, 3.63) is 91.6 Å². The van der Waals surface area contributed by atoms with Crippen LogP contribution in [0.4, 0.5) is 0 Å². The highest BCUT2D eigenvalue weighted by atomic mass is 32.1. The molecule has 32 heavy (non-hydrogen) atoms. The molecule has 150 valence electrons. The van der Waals surface area contributed by atoms with E-state index >= 15 is 0 Å². The Morgan fingerprint density at radius 1 is 0.688 bits per heavy atom. The molecule has 6 heteroatoms. The van der Waals surface area contributed by atoms with Crippen molar-refractivity contribution in [2.45, 2.75) is 0 Å². The number of thiophene rings is 1. The number of hydrogen-bond donors (Lipinski definition) is 0. The molecule has 0 spiro atoms. The number of hydrogen-bond acceptors (Lipinski definition) is 5. The lowest BCUT2D eigenvalue weighted by atomic mass is 10.2. The molecule has 0 saturated heterocycles. The highest BCUT2D eigenvalue weighted by Crippen LogP contribution is 2.41. The highest BCUT2D eigenvalue weighted by Gasteiger charge is 2.18. The van der Waals surface area contributed by atoms with Crippen LogP contribution in [0.25, 0.3) is 59.2 Å². The second kappa shape index (κ2) is 6.67. The molecule has 7 aromatic rings. The summed E-state index contributed by atoms with van der Waals surface area (Å²) in [7, 11) is 0. The third-order valence-corrected chi connectivity index (χ3v) is 7.06. The topological polar surface area (TPSA) is 56.5 Å². The van der Waals surface area contributed by atoms with Gasteiger partial charge < -0.3 is 4.57 Å². The van der Waals surface area contributed by atoms with Crippen LogP contribution in [0.15, 0.2) is 91.6 Å². The third-order valence-electron chi connectivity index (χ3n) is 5.90. The van der Waals surface area contributed by atoms with Crippen LogP contribution in [0.3, 0.4) is 0 Å². The van der Waals surface area contributed by atoms with Gasteiger partial charge in [0.1, 0.15) is 12.7 Å². The minimum Gasteiger partial charge on any atom is -0.308 e. The van der Waals surface area contributed by atoms with E-state index < -0.39 is 0 Å². The predicted molar refractivity (Wildman–Crippen MR) is 130 cm³/mol. The van der Waals surface area contributed by atoms with Gasteiger partial charge in [0.2, 0.25) is 0 Å². The Morgan fingerprint density at radius 3 is 2.28 bits per heavy atom. The van der Waals surface area contributed by atoms with Crippen LogP contribution in [-0.2, 0) is 0 Å². The SMILES string of the molecule is c1ccc2c(c1)sc1c2ncc2c3ccccc3n(-c3ccc(-c4ncncn4)cc3)c21. The number of benzene rings is 3. The van der Waals surface area contributed by atoms with Gasteiger partial charge in [-0.2, -0.15) is 0 Å². The molecule has 0 atom stereocenters. The molecule has 0 saturated carbocycles. The molecule has 0 aliphatic carbocycles. The van der Waals surface area contributed by atoms with Crippen molar-refractivity contribution in [1.82, 2.24) is 24.5 Å². The molecule has 0 fully saturated rings. The van der Waals surface area contributed by atoms with E-state index in [0.717, 1.165) is 16.8 Å². The zero-order valence-electron chi connectivity index (χ0n) is 16.8. The average Bonchev–Trinajstić information content (AvgIpc) is 3.41. The van der Waals surface area contributed by atoms with Crippen LogP contribution < -0.4 is 0 Å². The van der Waals surface area contributed by atoms with E-state index in [4.69, 9.17) is 4.98 Å². The molecule has 4 aromatic heterocycles.